The number of rotatable bonds is 16. The first-order chi connectivity index (χ1) is 10.3. The van der Waals surface area contributed by atoms with E-state index in [1.807, 2.05) is 0 Å². The number of hydrogen-bond donors (Lipinski definition) is 0. The fraction of sp³-hybridized carbons (Fsp3) is 0.944. The molecule has 0 N–H and O–H groups in total. The van der Waals surface area contributed by atoms with Crippen molar-refractivity contribution in [3.63, 3.8) is 0 Å². The zero-order chi connectivity index (χ0) is 15.6. The molecule has 2 radical (unpaired) electrons. The Morgan fingerprint density at radius 2 is 1.00 bits per heavy atom. The van der Waals surface area contributed by atoms with Crippen molar-refractivity contribution < 1.29 is 28.9 Å². The SMILES string of the molecule is [B]OC(=O)CCCCCCCCCCCCCCCCC.[Zn]. The van der Waals surface area contributed by atoms with E-state index in [2.05, 4.69) is 11.6 Å². The van der Waals surface area contributed by atoms with Crippen molar-refractivity contribution in [2.45, 2.75) is 110 Å². The Kier molecular flexibility index (Phi) is 23.5. The van der Waals surface area contributed by atoms with Crippen molar-refractivity contribution in [1.29, 1.82) is 0 Å². The quantitative estimate of drug-likeness (QED) is 0.254. The second-order valence-corrected chi connectivity index (χ2v) is 6.19. The maximum absolute atomic E-state index is 10.8. The molecule has 22 heavy (non-hydrogen) atoms. The molecule has 0 aromatic rings. The van der Waals surface area contributed by atoms with Gasteiger partial charge in [-0.05, 0) is 6.42 Å². The molecule has 0 unspecified atom stereocenters. The van der Waals surface area contributed by atoms with Crippen LogP contribution in [0.3, 0.4) is 0 Å². The van der Waals surface area contributed by atoms with Crippen LogP contribution >= 0.6 is 0 Å². The van der Waals surface area contributed by atoms with Gasteiger partial charge in [-0.2, -0.15) is 0 Å². The van der Waals surface area contributed by atoms with E-state index in [9.17, 15) is 4.79 Å². The van der Waals surface area contributed by atoms with Gasteiger partial charge in [-0.25, -0.2) is 0 Å². The van der Waals surface area contributed by atoms with Crippen LogP contribution in [0.1, 0.15) is 110 Å². The van der Waals surface area contributed by atoms with Crippen molar-refractivity contribution in [2.24, 2.45) is 0 Å². The molecule has 4 heteroatoms. The summed E-state index contributed by atoms with van der Waals surface area (Å²) in [4.78, 5) is 10.8. The second-order valence-electron chi connectivity index (χ2n) is 6.19. The van der Waals surface area contributed by atoms with Crippen molar-refractivity contribution in [2.75, 3.05) is 0 Å². The van der Waals surface area contributed by atoms with E-state index < -0.39 is 0 Å². The Morgan fingerprint density at radius 1 is 0.682 bits per heavy atom. The zero-order valence-corrected chi connectivity index (χ0v) is 17.9. The molecule has 0 heterocycles. The predicted octanol–water partition coefficient (Wildman–Crippen LogP) is 5.87. The van der Waals surface area contributed by atoms with Gasteiger partial charge in [0.25, 0.3) is 5.97 Å². The zero-order valence-electron chi connectivity index (χ0n) is 14.9. The van der Waals surface area contributed by atoms with Crippen molar-refractivity contribution >= 4 is 14.0 Å². The Balaban J connectivity index is 0. The first-order valence-corrected chi connectivity index (χ1v) is 9.20. The van der Waals surface area contributed by atoms with Crippen LogP contribution in [0.2, 0.25) is 0 Å². The fourth-order valence-corrected chi connectivity index (χ4v) is 2.70. The van der Waals surface area contributed by atoms with Gasteiger partial charge in [0.15, 0.2) is 0 Å². The van der Waals surface area contributed by atoms with Gasteiger partial charge in [0.2, 0.25) is 0 Å². The molecule has 0 rings (SSSR count). The average molecular weight is 360 g/mol. The van der Waals surface area contributed by atoms with Gasteiger partial charge >= 0.3 is 8.05 Å². The van der Waals surface area contributed by atoms with Crippen molar-refractivity contribution in [3.05, 3.63) is 0 Å². The number of carbonyl (C=O) groups is 1. The van der Waals surface area contributed by atoms with Gasteiger partial charge in [0, 0.05) is 25.9 Å². The number of carbonyl (C=O) groups excluding carboxylic acids is 1. The predicted molar refractivity (Wildman–Crippen MR) is 91.4 cm³/mol. The minimum Gasteiger partial charge on any atom is -0.543 e. The second kappa shape index (κ2) is 21.2. The molecule has 0 fully saturated rings. The molecule has 0 saturated carbocycles. The van der Waals surface area contributed by atoms with Gasteiger partial charge in [-0.15, -0.1) is 0 Å². The molecule has 124 valence electrons. The van der Waals surface area contributed by atoms with Crippen LogP contribution in [0.4, 0.5) is 0 Å². The van der Waals surface area contributed by atoms with Gasteiger partial charge in [-0.1, -0.05) is 96.8 Å². The Hall–Kier alpha value is 0.158. The minimum atomic E-state index is -0.287. The van der Waals surface area contributed by atoms with Gasteiger partial charge < -0.3 is 4.65 Å². The third-order valence-electron chi connectivity index (χ3n) is 4.12. The first kappa shape index (κ1) is 24.4. The monoisotopic (exact) mass is 358 g/mol. The molecular formula is C18H35BO2Zn. The van der Waals surface area contributed by atoms with E-state index >= 15 is 0 Å². The minimum absolute atomic E-state index is 0. The first-order valence-electron chi connectivity index (χ1n) is 9.20. The van der Waals surface area contributed by atoms with Gasteiger partial charge in [0.05, 0.1) is 0 Å². The number of unbranched alkanes of at least 4 members (excludes halogenated alkanes) is 14. The molecule has 0 amide bonds. The van der Waals surface area contributed by atoms with E-state index in [1.165, 1.54) is 83.5 Å². The van der Waals surface area contributed by atoms with Crippen molar-refractivity contribution in [3.8, 4) is 0 Å². The van der Waals surface area contributed by atoms with Crippen LogP contribution in [-0.4, -0.2) is 14.0 Å². The molecule has 0 bridgehead atoms. The van der Waals surface area contributed by atoms with Crippen LogP contribution in [0.25, 0.3) is 0 Å². The molecule has 0 aliphatic heterocycles. The Labute approximate surface area is 152 Å². The smallest absolute Gasteiger partial charge is 0.378 e. The Bertz CT molecular complexity index is 225. The summed E-state index contributed by atoms with van der Waals surface area (Å²) in [7, 11) is 4.78. The van der Waals surface area contributed by atoms with Crippen LogP contribution < -0.4 is 0 Å². The standard InChI is InChI=1S/C18H35BO2.Zn/c1-2-3-4-5-6-7-8-9-10-11-12-13-14-15-16-17-18(20)21-19;/h2-17H2,1H3;. The summed E-state index contributed by atoms with van der Waals surface area (Å²) < 4.78 is 4.13. The summed E-state index contributed by atoms with van der Waals surface area (Å²) >= 11 is 0. The summed E-state index contributed by atoms with van der Waals surface area (Å²) in [5, 5.41) is 0. The third-order valence-corrected chi connectivity index (χ3v) is 4.12. The molecule has 0 atom stereocenters. The van der Waals surface area contributed by atoms with Crippen LogP contribution in [-0.2, 0) is 28.9 Å². The van der Waals surface area contributed by atoms with Crippen LogP contribution in [0, 0.1) is 0 Å². The maximum atomic E-state index is 10.8. The summed E-state index contributed by atoms with van der Waals surface area (Å²) in [6.45, 7) is 2.27. The van der Waals surface area contributed by atoms with Crippen LogP contribution in [0.15, 0.2) is 0 Å². The molecule has 2 nitrogen and oxygen atoms in total. The summed E-state index contributed by atoms with van der Waals surface area (Å²) in [5.74, 6) is -0.287. The normalized spacial score (nSPS) is 10.2. The van der Waals surface area contributed by atoms with E-state index in [0.29, 0.717) is 6.42 Å². The summed E-state index contributed by atoms with van der Waals surface area (Å²) in [6.07, 6.45) is 20.5. The van der Waals surface area contributed by atoms with Crippen molar-refractivity contribution in [1.82, 2.24) is 0 Å². The number of hydrogen-bond acceptors (Lipinski definition) is 2. The molecule has 0 aliphatic rings. The molecule has 0 aliphatic carbocycles. The molecule has 0 saturated heterocycles. The van der Waals surface area contributed by atoms with Gasteiger partial charge in [-0.3, -0.25) is 4.79 Å². The average Bonchev–Trinajstić information content (AvgIpc) is 2.50. The molecule has 0 aromatic carbocycles. The summed E-state index contributed by atoms with van der Waals surface area (Å²) in [6, 6.07) is 0. The molecule has 0 aromatic heterocycles. The van der Waals surface area contributed by atoms with Gasteiger partial charge in [0.1, 0.15) is 0 Å². The summed E-state index contributed by atoms with van der Waals surface area (Å²) in [5.41, 5.74) is 0. The maximum Gasteiger partial charge on any atom is 0.378 e. The van der Waals surface area contributed by atoms with E-state index in [-0.39, 0.29) is 25.4 Å². The molecule has 0 spiro atoms. The third kappa shape index (κ3) is 20.2. The topological polar surface area (TPSA) is 26.3 Å². The Morgan fingerprint density at radius 3 is 1.32 bits per heavy atom. The van der Waals surface area contributed by atoms with E-state index in [1.54, 1.807) is 0 Å². The van der Waals surface area contributed by atoms with E-state index in [0.717, 1.165) is 12.8 Å². The molecular weight excluding hydrogens is 324 g/mol. The largest absolute Gasteiger partial charge is 0.543 e. The van der Waals surface area contributed by atoms with Crippen LogP contribution in [0.5, 0.6) is 0 Å². The fourth-order valence-electron chi connectivity index (χ4n) is 2.70. The van der Waals surface area contributed by atoms with E-state index in [4.69, 9.17) is 8.05 Å².